The molecular formula is C18H23F2N5O. The number of fused-ring (bicyclic) bond motifs is 1. The number of rotatable bonds is 6. The van der Waals surface area contributed by atoms with E-state index in [0.717, 1.165) is 49.7 Å². The Morgan fingerprint density at radius 1 is 1.23 bits per heavy atom. The van der Waals surface area contributed by atoms with Gasteiger partial charge >= 0.3 is 6.03 Å². The van der Waals surface area contributed by atoms with Gasteiger partial charge in [-0.2, -0.15) is 5.10 Å². The normalized spacial score (nSPS) is 14.1. The molecule has 0 unspecified atom stereocenters. The Kier molecular flexibility index (Phi) is 5.82. The number of urea groups is 1. The zero-order valence-corrected chi connectivity index (χ0v) is 14.8. The fourth-order valence-corrected chi connectivity index (χ4v) is 2.96. The van der Waals surface area contributed by atoms with E-state index in [9.17, 15) is 13.6 Å². The van der Waals surface area contributed by atoms with Gasteiger partial charge in [-0.1, -0.05) is 13.3 Å². The molecule has 1 aromatic carbocycles. The number of carbonyl (C=O) groups excluding carboxylic acids is 1. The molecule has 2 N–H and O–H groups in total. The Bertz CT molecular complexity index is 777. The molecule has 6 nitrogen and oxygen atoms in total. The van der Waals surface area contributed by atoms with Gasteiger partial charge in [0.1, 0.15) is 0 Å². The third-order valence-electron chi connectivity index (χ3n) is 4.36. The summed E-state index contributed by atoms with van der Waals surface area (Å²) in [6.07, 6.45) is 2.37. The van der Waals surface area contributed by atoms with Crippen molar-refractivity contribution in [3.05, 3.63) is 47.3 Å². The minimum Gasteiger partial charge on any atom is -0.332 e. The van der Waals surface area contributed by atoms with Gasteiger partial charge in [0.15, 0.2) is 11.6 Å². The average molecular weight is 363 g/mol. The maximum atomic E-state index is 13.2. The molecule has 0 bridgehead atoms. The highest BCUT2D eigenvalue weighted by Gasteiger charge is 2.18. The third-order valence-corrected chi connectivity index (χ3v) is 4.36. The Balaban J connectivity index is 1.51. The maximum Gasteiger partial charge on any atom is 0.319 e. The highest BCUT2D eigenvalue weighted by atomic mass is 19.2. The molecule has 3 rings (SSSR count). The first-order valence-electron chi connectivity index (χ1n) is 8.83. The second-order valence-electron chi connectivity index (χ2n) is 6.42. The molecule has 0 fully saturated rings. The number of nitrogens with zero attached hydrogens (tertiary/aromatic N) is 3. The fourth-order valence-electron chi connectivity index (χ4n) is 2.96. The van der Waals surface area contributed by atoms with Gasteiger partial charge in [-0.05, 0) is 31.2 Å². The van der Waals surface area contributed by atoms with Crippen LogP contribution < -0.4 is 10.6 Å². The molecule has 26 heavy (non-hydrogen) atoms. The van der Waals surface area contributed by atoms with E-state index < -0.39 is 17.7 Å². The molecule has 2 aromatic rings. The number of hydrogen-bond donors (Lipinski definition) is 2. The maximum absolute atomic E-state index is 13.2. The lowest BCUT2D eigenvalue weighted by atomic mass is 10.2. The lowest BCUT2D eigenvalue weighted by molar-refractivity contribution is 0.210. The van der Waals surface area contributed by atoms with Crippen LogP contribution in [-0.4, -0.2) is 33.8 Å². The number of unbranched alkanes of at least 4 members (excludes halogenated alkanes) is 1. The van der Waals surface area contributed by atoms with E-state index in [-0.39, 0.29) is 12.2 Å². The van der Waals surface area contributed by atoms with Crippen molar-refractivity contribution in [2.24, 2.45) is 0 Å². The van der Waals surface area contributed by atoms with Gasteiger partial charge in [-0.3, -0.25) is 9.58 Å². The predicted octanol–water partition coefficient (Wildman–Crippen LogP) is 3.10. The van der Waals surface area contributed by atoms with Crippen molar-refractivity contribution in [3.8, 4) is 0 Å². The number of carbonyl (C=O) groups is 1. The van der Waals surface area contributed by atoms with Crippen LogP contribution in [0.4, 0.5) is 19.3 Å². The molecule has 1 aromatic heterocycles. The predicted molar refractivity (Wildman–Crippen MR) is 94.6 cm³/mol. The second kappa shape index (κ2) is 8.27. The molecule has 0 radical (unpaired) electrons. The van der Waals surface area contributed by atoms with Crippen molar-refractivity contribution in [1.29, 1.82) is 0 Å². The molecule has 2 heterocycles. The van der Waals surface area contributed by atoms with Crippen LogP contribution >= 0.6 is 0 Å². The standard InChI is InChI=1S/C18H23F2N5O/c1-2-3-6-24-7-8-25-15(12-24)9-14(23-25)11-21-18(26)22-13-4-5-16(19)17(20)10-13/h4-5,9-10H,2-3,6-8,11-12H2,1H3,(H2,21,22,26). The first-order chi connectivity index (χ1) is 12.5. The zero-order valence-electron chi connectivity index (χ0n) is 14.8. The summed E-state index contributed by atoms with van der Waals surface area (Å²) in [5.74, 6) is -1.95. The van der Waals surface area contributed by atoms with Crippen molar-refractivity contribution in [3.63, 3.8) is 0 Å². The van der Waals surface area contributed by atoms with Gasteiger partial charge < -0.3 is 10.6 Å². The van der Waals surface area contributed by atoms with Gasteiger partial charge in [-0.15, -0.1) is 0 Å². The SMILES string of the molecule is CCCCN1CCn2nc(CNC(=O)Nc3ccc(F)c(F)c3)cc2C1. The van der Waals surface area contributed by atoms with Crippen molar-refractivity contribution in [1.82, 2.24) is 20.0 Å². The van der Waals surface area contributed by atoms with Gasteiger partial charge in [0, 0.05) is 24.8 Å². The summed E-state index contributed by atoms with van der Waals surface area (Å²) in [6, 6.07) is 4.72. The number of hydrogen-bond acceptors (Lipinski definition) is 3. The van der Waals surface area contributed by atoms with Crippen molar-refractivity contribution >= 4 is 11.7 Å². The molecule has 1 aliphatic rings. The smallest absolute Gasteiger partial charge is 0.319 e. The lowest BCUT2D eigenvalue weighted by Crippen LogP contribution is -2.34. The van der Waals surface area contributed by atoms with Crippen LogP contribution in [0, 0.1) is 11.6 Å². The van der Waals surface area contributed by atoms with E-state index in [1.165, 1.54) is 18.9 Å². The average Bonchev–Trinajstić information content (AvgIpc) is 3.03. The summed E-state index contributed by atoms with van der Waals surface area (Å²) >= 11 is 0. The van der Waals surface area contributed by atoms with Crippen LogP contribution in [0.3, 0.4) is 0 Å². The first-order valence-corrected chi connectivity index (χ1v) is 8.83. The van der Waals surface area contributed by atoms with E-state index in [1.54, 1.807) is 0 Å². The van der Waals surface area contributed by atoms with Gasteiger partial charge in [0.05, 0.1) is 24.5 Å². The highest BCUT2D eigenvalue weighted by molar-refractivity contribution is 5.89. The van der Waals surface area contributed by atoms with E-state index >= 15 is 0 Å². The van der Waals surface area contributed by atoms with Gasteiger partial charge in [-0.25, -0.2) is 13.6 Å². The highest BCUT2D eigenvalue weighted by Crippen LogP contribution is 2.15. The van der Waals surface area contributed by atoms with E-state index in [0.29, 0.717) is 0 Å². The monoisotopic (exact) mass is 363 g/mol. The molecule has 0 atom stereocenters. The van der Waals surface area contributed by atoms with Crippen LogP contribution in [-0.2, 0) is 19.6 Å². The Labute approximate surface area is 151 Å². The summed E-state index contributed by atoms with van der Waals surface area (Å²) in [7, 11) is 0. The van der Waals surface area contributed by atoms with Crippen LogP contribution in [0.15, 0.2) is 24.3 Å². The Morgan fingerprint density at radius 2 is 2.08 bits per heavy atom. The molecule has 8 heteroatoms. The fraction of sp³-hybridized carbons (Fsp3) is 0.444. The van der Waals surface area contributed by atoms with Crippen LogP contribution in [0.2, 0.25) is 0 Å². The summed E-state index contributed by atoms with van der Waals surface area (Å²) in [4.78, 5) is 14.3. The molecule has 0 saturated heterocycles. The minimum atomic E-state index is -1.00. The summed E-state index contributed by atoms with van der Waals surface area (Å²) < 4.78 is 28.0. The quantitative estimate of drug-likeness (QED) is 0.829. The van der Waals surface area contributed by atoms with Crippen molar-refractivity contribution in [2.45, 2.75) is 39.4 Å². The molecular weight excluding hydrogens is 340 g/mol. The van der Waals surface area contributed by atoms with Crippen LogP contribution in [0.25, 0.3) is 0 Å². The number of amides is 2. The van der Waals surface area contributed by atoms with E-state index in [4.69, 9.17) is 0 Å². The topological polar surface area (TPSA) is 62.2 Å². The largest absolute Gasteiger partial charge is 0.332 e. The van der Waals surface area contributed by atoms with E-state index in [2.05, 4.69) is 27.6 Å². The zero-order chi connectivity index (χ0) is 18.5. The molecule has 0 aliphatic carbocycles. The van der Waals surface area contributed by atoms with Crippen LogP contribution in [0.1, 0.15) is 31.2 Å². The van der Waals surface area contributed by atoms with E-state index in [1.807, 2.05) is 10.7 Å². The minimum absolute atomic E-state index is 0.192. The summed E-state index contributed by atoms with van der Waals surface area (Å²) in [5.41, 5.74) is 2.11. The molecule has 0 saturated carbocycles. The number of halogens is 2. The summed E-state index contributed by atoms with van der Waals surface area (Å²) in [6.45, 7) is 6.24. The molecule has 0 spiro atoms. The third kappa shape index (κ3) is 4.57. The number of aromatic nitrogens is 2. The molecule has 1 aliphatic heterocycles. The molecule has 2 amide bonds. The second-order valence-corrected chi connectivity index (χ2v) is 6.42. The Morgan fingerprint density at radius 3 is 2.85 bits per heavy atom. The summed E-state index contributed by atoms with van der Waals surface area (Å²) in [5, 5.41) is 9.66. The van der Waals surface area contributed by atoms with Gasteiger partial charge in [0.2, 0.25) is 0 Å². The number of benzene rings is 1. The lowest BCUT2D eigenvalue weighted by Gasteiger charge is -2.27. The van der Waals surface area contributed by atoms with Crippen molar-refractivity contribution < 1.29 is 13.6 Å². The van der Waals surface area contributed by atoms with Crippen LogP contribution in [0.5, 0.6) is 0 Å². The number of anilines is 1. The number of nitrogens with one attached hydrogen (secondary N) is 2. The van der Waals surface area contributed by atoms with Crippen molar-refractivity contribution in [2.75, 3.05) is 18.4 Å². The molecule has 140 valence electrons. The van der Waals surface area contributed by atoms with Gasteiger partial charge in [0.25, 0.3) is 0 Å². The first kappa shape index (κ1) is 18.3. The Hall–Kier alpha value is -2.48.